The molecule has 0 atom stereocenters. The minimum atomic E-state index is -0.206. The number of carbonyl (C=O) groups excluding carboxylic acids is 1. The van der Waals surface area contributed by atoms with Gasteiger partial charge in [-0.15, -0.1) is 0 Å². The molecule has 0 heterocycles. The van der Waals surface area contributed by atoms with Gasteiger partial charge in [-0.3, -0.25) is 4.79 Å². The Morgan fingerprint density at radius 1 is 1.24 bits per heavy atom. The van der Waals surface area contributed by atoms with Gasteiger partial charge in [0.1, 0.15) is 0 Å². The van der Waals surface area contributed by atoms with Crippen molar-refractivity contribution in [3.63, 3.8) is 0 Å². The molecule has 0 spiro atoms. The van der Waals surface area contributed by atoms with Gasteiger partial charge in [0.15, 0.2) is 0 Å². The lowest BCUT2D eigenvalue weighted by Gasteiger charge is -2.21. The van der Waals surface area contributed by atoms with E-state index in [9.17, 15) is 4.79 Å². The molecule has 1 aromatic rings. The van der Waals surface area contributed by atoms with Gasteiger partial charge >= 0.3 is 0 Å². The fraction of sp³-hybridized carbons (Fsp3) is 0.400. The van der Waals surface area contributed by atoms with E-state index in [-0.39, 0.29) is 11.3 Å². The smallest absolute Gasteiger partial charge is 0.251 e. The number of benzene rings is 1. The van der Waals surface area contributed by atoms with Gasteiger partial charge in [-0.05, 0) is 30.9 Å². The van der Waals surface area contributed by atoms with Crippen LogP contribution in [0.1, 0.15) is 31.9 Å². The number of anilines is 1. The Labute approximate surface area is 104 Å². The summed E-state index contributed by atoms with van der Waals surface area (Å²) in [5.41, 5.74) is 3.50. The standard InChI is InChI=1S/C15H21NO/c1-10-7-8-13(11(2)9-10)16-14(17)12(3)15(4,5)6/h7-9H,3H2,1-2,4-6H3,(H,16,17). The summed E-state index contributed by atoms with van der Waals surface area (Å²) in [6, 6.07) is 5.97. The first kappa shape index (κ1) is 13.5. The molecule has 0 bridgehead atoms. The van der Waals surface area contributed by atoms with Crippen LogP contribution >= 0.6 is 0 Å². The Hall–Kier alpha value is -1.57. The first-order valence-corrected chi connectivity index (χ1v) is 5.80. The second-order valence-electron chi connectivity index (χ2n) is 5.50. The summed E-state index contributed by atoms with van der Waals surface area (Å²) in [5, 5.41) is 2.91. The first-order chi connectivity index (χ1) is 7.71. The van der Waals surface area contributed by atoms with Gasteiger partial charge in [0.2, 0.25) is 0 Å². The van der Waals surface area contributed by atoms with Crippen LogP contribution in [0.3, 0.4) is 0 Å². The van der Waals surface area contributed by atoms with Crippen molar-refractivity contribution in [3.05, 3.63) is 41.5 Å². The molecule has 0 aromatic heterocycles. The molecule has 0 saturated heterocycles. The van der Waals surface area contributed by atoms with Crippen LogP contribution in [0, 0.1) is 19.3 Å². The third kappa shape index (κ3) is 3.45. The van der Waals surface area contributed by atoms with Crippen molar-refractivity contribution in [1.29, 1.82) is 0 Å². The molecular formula is C15H21NO. The maximum absolute atomic E-state index is 12.0. The zero-order valence-corrected chi connectivity index (χ0v) is 11.3. The van der Waals surface area contributed by atoms with Crippen molar-refractivity contribution in [2.45, 2.75) is 34.6 Å². The maximum atomic E-state index is 12.0. The topological polar surface area (TPSA) is 29.1 Å². The molecule has 1 aromatic carbocycles. The van der Waals surface area contributed by atoms with Crippen LogP contribution in [0.15, 0.2) is 30.4 Å². The highest BCUT2D eigenvalue weighted by molar-refractivity contribution is 6.04. The number of aryl methyl sites for hydroxylation is 2. The van der Waals surface area contributed by atoms with Gasteiger partial charge in [0, 0.05) is 11.3 Å². The number of hydrogen-bond donors (Lipinski definition) is 1. The van der Waals surface area contributed by atoms with Crippen molar-refractivity contribution in [1.82, 2.24) is 0 Å². The van der Waals surface area contributed by atoms with Crippen molar-refractivity contribution < 1.29 is 4.79 Å². The van der Waals surface area contributed by atoms with E-state index in [0.29, 0.717) is 5.57 Å². The number of rotatable bonds is 2. The van der Waals surface area contributed by atoms with E-state index < -0.39 is 0 Å². The van der Waals surface area contributed by atoms with Crippen molar-refractivity contribution in [3.8, 4) is 0 Å². The van der Waals surface area contributed by atoms with Gasteiger partial charge in [0.05, 0.1) is 0 Å². The summed E-state index contributed by atoms with van der Waals surface area (Å²) in [4.78, 5) is 12.0. The lowest BCUT2D eigenvalue weighted by molar-refractivity contribution is -0.113. The van der Waals surface area contributed by atoms with Crippen LogP contribution in [0.4, 0.5) is 5.69 Å². The molecule has 92 valence electrons. The normalized spacial score (nSPS) is 11.1. The molecular weight excluding hydrogens is 210 g/mol. The fourth-order valence-electron chi connectivity index (χ4n) is 1.49. The van der Waals surface area contributed by atoms with Gasteiger partial charge in [-0.1, -0.05) is 45.0 Å². The lowest BCUT2D eigenvalue weighted by Crippen LogP contribution is -2.23. The summed E-state index contributed by atoms with van der Waals surface area (Å²) in [7, 11) is 0. The van der Waals surface area contributed by atoms with Crippen LogP contribution in [-0.4, -0.2) is 5.91 Å². The Morgan fingerprint density at radius 2 is 1.82 bits per heavy atom. The fourth-order valence-corrected chi connectivity index (χ4v) is 1.49. The summed E-state index contributed by atoms with van der Waals surface area (Å²) < 4.78 is 0. The summed E-state index contributed by atoms with van der Waals surface area (Å²) in [6.45, 7) is 13.8. The highest BCUT2D eigenvalue weighted by Crippen LogP contribution is 2.25. The Bertz CT molecular complexity index is 452. The molecule has 1 rings (SSSR count). The van der Waals surface area contributed by atoms with Gasteiger partial charge in [-0.2, -0.15) is 0 Å². The van der Waals surface area contributed by atoms with E-state index in [1.807, 2.05) is 46.8 Å². The molecule has 0 fully saturated rings. The number of hydrogen-bond acceptors (Lipinski definition) is 1. The summed E-state index contributed by atoms with van der Waals surface area (Å²) in [6.07, 6.45) is 0. The SMILES string of the molecule is C=C(C(=O)Nc1ccc(C)cc1C)C(C)(C)C. The predicted octanol–water partition coefficient (Wildman–Crippen LogP) is 3.84. The van der Waals surface area contributed by atoms with Crippen LogP contribution in [-0.2, 0) is 4.79 Å². The van der Waals surface area contributed by atoms with Crippen molar-refractivity contribution in [2.75, 3.05) is 5.32 Å². The average Bonchev–Trinajstić information content (AvgIpc) is 2.19. The molecule has 2 heteroatoms. The minimum Gasteiger partial charge on any atom is -0.322 e. The van der Waals surface area contributed by atoms with E-state index in [1.165, 1.54) is 5.56 Å². The van der Waals surface area contributed by atoms with E-state index in [2.05, 4.69) is 18.0 Å². The first-order valence-electron chi connectivity index (χ1n) is 5.80. The van der Waals surface area contributed by atoms with Gasteiger partial charge < -0.3 is 5.32 Å². The number of nitrogens with one attached hydrogen (secondary N) is 1. The predicted molar refractivity (Wildman–Crippen MR) is 73.1 cm³/mol. The molecule has 0 saturated carbocycles. The van der Waals surface area contributed by atoms with Crippen molar-refractivity contribution in [2.24, 2.45) is 5.41 Å². The molecule has 17 heavy (non-hydrogen) atoms. The quantitative estimate of drug-likeness (QED) is 0.770. The van der Waals surface area contributed by atoms with Gasteiger partial charge in [-0.25, -0.2) is 0 Å². The molecule has 0 aliphatic rings. The largest absolute Gasteiger partial charge is 0.322 e. The molecule has 2 nitrogen and oxygen atoms in total. The Morgan fingerprint density at radius 3 is 2.29 bits per heavy atom. The van der Waals surface area contributed by atoms with Crippen molar-refractivity contribution >= 4 is 11.6 Å². The van der Waals surface area contributed by atoms with Crippen LogP contribution < -0.4 is 5.32 Å². The molecule has 0 unspecified atom stereocenters. The zero-order chi connectivity index (χ0) is 13.2. The average molecular weight is 231 g/mol. The van der Waals surface area contributed by atoms with E-state index in [1.54, 1.807) is 0 Å². The van der Waals surface area contributed by atoms with Gasteiger partial charge in [0.25, 0.3) is 5.91 Å². The maximum Gasteiger partial charge on any atom is 0.251 e. The molecule has 0 aliphatic heterocycles. The van der Waals surface area contributed by atoms with Crippen LogP contribution in [0.2, 0.25) is 0 Å². The zero-order valence-electron chi connectivity index (χ0n) is 11.3. The highest BCUT2D eigenvalue weighted by atomic mass is 16.1. The molecule has 0 radical (unpaired) electrons. The Balaban J connectivity index is 2.86. The second-order valence-corrected chi connectivity index (χ2v) is 5.50. The molecule has 0 aliphatic carbocycles. The van der Waals surface area contributed by atoms with E-state index >= 15 is 0 Å². The molecule has 1 amide bonds. The lowest BCUT2D eigenvalue weighted by atomic mass is 9.87. The Kier molecular flexibility index (Phi) is 3.76. The van der Waals surface area contributed by atoms with E-state index in [0.717, 1.165) is 11.3 Å². The third-order valence-electron chi connectivity index (χ3n) is 2.81. The van der Waals surface area contributed by atoms with E-state index in [4.69, 9.17) is 0 Å². The monoisotopic (exact) mass is 231 g/mol. The van der Waals surface area contributed by atoms with Crippen LogP contribution in [0.5, 0.6) is 0 Å². The van der Waals surface area contributed by atoms with Crippen LogP contribution in [0.25, 0.3) is 0 Å². The highest BCUT2D eigenvalue weighted by Gasteiger charge is 2.21. The second kappa shape index (κ2) is 4.74. The summed E-state index contributed by atoms with van der Waals surface area (Å²) >= 11 is 0. The summed E-state index contributed by atoms with van der Waals surface area (Å²) in [5.74, 6) is -0.107. The molecule has 1 N–H and O–H groups in total. The number of carbonyl (C=O) groups is 1. The minimum absolute atomic E-state index is 0.107. The third-order valence-corrected chi connectivity index (χ3v) is 2.81. The number of amides is 1.